The highest BCUT2D eigenvalue weighted by Gasteiger charge is 2.60. The third-order valence-electron chi connectivity index (χ3n) is 2.85. The van der Waals surface area contributed by atoms with Crippen LogP contribution in [0.5, 0.6) is 11.5 Å². The Bertz CT molecular complexity index is 757. The maximum atomic E-state index is 13.1. The summed E-state index contributed by atoms with van der Waals surface area (Å²) in [5.41, 5.74) is -2.00. The molecule has 0 saturated carbocycles. The van der Waals surface area contributed by atoms with E-state index in [1.54, 1.807) is 0 Å². The Morgan fingerprint density at radius 2 is 1.96 bits per heavy atom. The summed E-state index contributed by atoms with van der Waals surface area (Å²) in [5, 5.41) is 11.5. The summed E-state index contributed by atoms with van der Waals surface area (Å²) in [6.07, 6.45) is -5.78. The van der Waals surface area contributed by atoms with Gasteiger partial charge in [-0.05, 0) is 12.1 Å². The first-order valence-electron chi connectivity index (χ1n) is 6.15. The van der Waals surface area contributed by atoms with Crippen molar-refractivity contribution in [2.75, 3.05) is 12.4 Å². The smallest absolute Gasteiger partial charge is 0.459 e. The molecule has 0 saturated heterocycles. The molecule has 0 aliphatic rings. The van der Waals surface area contributed by atoms with Crippen molar-refractivity contribution < 1.29 is 41.0 Å². The number of carbonyl (C=O) groups excluding carboxylic acids is 1. The minimum absolute atomic E-state index is 0.0803. The topological polar surface area (TPSA) is 84.6 Å². The lowest BCUT2D eigenvalue weighted by Crippen LogP contribution is -2.34. The van der Waals surface area contributed by atoms with E-state index >= 15 is 0 Å². The predicted molar refractivity (Wildman–Crippen MR) is 69.1 cm³/mol. The molecule has 1 aromatic carbocycles. The van der Waals surface area contributed by atoms with E-state index in [0.29, 0.717) is 0 Å². The van der Waals surface area contributed by atoms with Gasteiger partial charge in [0.25, 0.3) is 5.91 Å². The molecule has 0 atom stereocenters. The van der Waals surface area contributed by atoms with Crippen molar-refractivity contribution in [2.24, 2.45) is 0 Å². The van der Waals surface area contributed by atoms with Crippen LogP contribution in [0.1, 0.15) is 16.1 Å². The van der Waals surface area contributed by atoms with Crippen molar-refractivity contribution in [3.63, 3.8) is 0 Å². The first kappa shape index (κ1) is 17.5. The Balaban J connectivity index is 2.20. The molecular weight excluding hydrogens is 343 g/mol. The zero-order valence-electron chi connectivity index (χ0n) is 11.8. The predicted octanol–water partition coefficient (Wildman–Crippen LogP) is 3.30. The van der Waals surface area contributed by atoms with Crippen molar-refractivity contribution >= 4 is 11.9 Å². The fourth-order valence-electron chi connectivity index (χ4n) is 1.62. The van der Waals surface area contributed by atoms with Crippen LogP contribution in [-0.2, 0) is 5.92 Å². The van der Waals surface area contributed by atoms with Gasteiger partial charge in [-0.25, -0.2) is 0 Å². The number of phenolic OH excluding ortho intramolecular Hbond substituents is 1. The minimum Gasteiger partial charge on any atom is -0.507 e. The number of oxazole rings is 1. The van der Waals surface area contributed by atoms with Crippen LogP contribution in [-0.4, -0.2) is 29.3 Å². The number of alkyl halides is 5. The molecule has 2 rings (SSSR count). The summed E-state index contributed by atoms with van der Waals surface area (Å²) < 4.78 is 72.0. The second kappa shape index (κ2) is 5.98. The van der Waals surface area contributed by atoms with E-state index < -0.39 is 35.5 Å². The number of nitrogens with one attached hydrogen (secondary N) is 1. The molecule has 0 spiro atoms. The van der Waals surface area contributed by atoms with Gasteiger partial charge in [0.05, 0.1) is 12.7 Å². The van der Waals surface area contributed by atoms with Gasteiger partial charge in [0.2, 0.25) is 0 Å². The quantitative estimate of drug-likeness (QED) is 0.825. The third-order valence-corrected chi connectivity index (χ3v) is 2.85. The van der Waals surface area contributed by atoms with Crippen molar-refractivity contribution in [1.82, 2.24) is 4.98 Å². The maximum Gasteiger partial charge on any atom is 0.459 e. The zero-order chi connectivity index (χ0) is 18.1. The number of nitrogens with zero attached hydrogens (tertiary/aromatic N) is 1. The molecule has 1 aromatic heterocycles. The summed E-state index contributed by atoms with van der Waals surface area (Å²) in [7, 11) is 1.32. The molecule has 130 valence electrons. The van der Waals surface area contributed by atoms with E-state index in [9.17, 15) is 31.9 Å². The SMILES string of the molecule is COc1ccc(C(=O)Nc2nc(C(F)(F)C(F)(F)F)co2)c(O)c1. The molecule has 0 unspecified atom stereocenters. The number of hydrogen-bond acceptors (Lipinski definition) is 5. The number of carbonyl (C=O) groups is 1. The number of aromatic hydroxyl groups is 1. The fourth-order valence-corrected chi connectivity index (χ4v) is 1.62. The highest BCUT2D eigenvalue weighted by atomic mass is 19.4. The fraction of sp³-hybridized carbons (Fsp3) is 0.231. The number of ether oxygens (including phenoxy) is 1. The molecule has 2 aromatic rings. The molecule has 1 heterocycles. The molecule has 1 amide bonds. The summed E-state index contributed by atoms with van der Waals surface area (Å²) in [6.45, 7) is 0. The van der Waals surface area contributed by atoms with Gasteiger partial charge in [0.1, 0.15) is 17.8 Å². The lowest BCUT2D eigenvalue weighted by atomic mass is 10.2. The summed E-state index contributed by atoms with van der Waals surface area (Å²) in [6, 6.07) is 2.70. The second-order valence-corrected chi connectivity index (χ2v) is 4.45. The van der Waals surface area contributed by atoms with Crippen molar-refractivity contribution in [2.45, 2.75) is 12.1 Å². The van der Waals surface area contributed by atoms with Crippen molar-refractivity contribution in [3.8, 4) is 11.5 Å². The molecule has 11 heteroatoms. The van der Waals surface area contributed by atoms with Gasteiger partial charge in [-0.3, -0.25) is 10.1 Å². The van der Waals surface area contributed by atoms with Gasteiger partial charge >= 0.3 is 18.1 Å². The number of phenols is 1. The molecule has 0 aliphatic carbocycles. The average molecular weight is 352 g/mol. The van der Waals surface area contributed by atoms with Crippen LogP contribution in [0.3, 0.4) is 0 Å². The average Bonchev–Trinajstić information content (AvgIpc) is 2.94. The van der Waals surface area contributed by atoms with Crippen LogP contribution in [0.25, 0.3) is 0 Å². The standard InChI is InChI=1S/C13H9F5N2O4/c1-23-6-2-3-7(8(21)4-6)10(22)20-11-19-9(5-24-11)12(14,15)13(16,17)18/h2-5,21H,1H3,(H,19,20,22). The Labute approximate surface area is 130 Å². The monoisotopic (exact) mass is 352 g/mol. The van der Waals surface area contributed by atoms with E-state index in [0.717, 1.165) is 12.1 Å². The summed E-state index contributed by atoms with van der Waals surface area (Å²) in [4.78, 5) is 14.8. The highest BCUT2D eigenvalue weighted by molar-refractivity contribution is 6.05. The van der Waals surface area contributed by atoms with E-state index in [1.165, 1.54) is 13.2 Å². The van der Waals surface area contributed by atoms with E-state index in [-0.39, 0.29) is 17.6 Å². The Kier molecular flexibility index (Phi) is 4.36. The number of rotatable bonds is 4. The maximum absolute atomic E-state index is 13.1. The Morgan fingerprint density at radius 1 is 1.29 bits per heavy atom. The van der Waals surface area contributed by atoms with Gasteiger partial charge in [0.15, 0.2) is 5.69 Å². The molecule has 0 bridgehead atoms. The van der Waals surface area contributed by atoms with Crippen LogP contribution < -0.4 is 10.1 Å². The van der Waals surface area contributed by atoms with Crippen LogP contribution in [0.2, 0.25) is 0 Å². The number of halogens is 5. The Hall–Kier alpha value is -2.85. The summed E-state index contributed by atoms with van der Waals surface area (Å²) >= 11 is 0. The molecule has 2 N–H and O–H groups in total. The van der Waals surface area contributed by atoms with Crippen LogP contribution in [0.4, 0.5) is 28.0 Å². The van der Waals surface area contributed by atoms with E-state index in [1.807, 2.05) is 5.32 Å². The van der Waals surface area contributed by atoms with Crippen LogP contribution >= 0.6 is 0 Å². The zero-order valence-corrected chi connectivity index (χ0v) is 11.8. The molecule has 0 aliphatic heterocycles. The van der Waals surface area contributed by atoms with Gasteiger partial charge < -0.3 is 14.3 Å². The number of methoxy groups -OCH3 is 1. The van der Waals surface area contributed by atoms with E-state index in [2.05, 4.69) is 9.40 Å². The first-order valence-corrected chi connectivity index (χ1v) is 6.15. The van der Waals surface area contributed by atoms with Gasteiger partial charge in [0, 0.05) is 6.07 Å². The first-order chi connectivity index (χ1) is 11.1. The van der Waals surface area contributed by atoms with Crippen molar-refractivity contribution in [3.05, 3.63) is 35.7 Å². The number of benzene rings is 1. The van der Waals surface area contributed by atoms with Crippen LogP contribution in [0.15, 0.2) is 28.9 Å². The summed E-state index contributed by atoms with van der Waals surface area (Å²) in [5.74, 6) is -6.52. The molecular formula is C13H9F5N2O4. The minimum atomic E-state index is -5.86. The number of aromatic nitrogens is 1. The molecule has 6 nitrogen and oxygen atoms in total. The van der Waals surface area contributed by atoms with Gasteiger partial charge in [-0.2, -0.15) is 26.9 Å². The van der Waals surface area contributed by atoms with Crippen LogP contribution in [0, 0.1) is 0 Å². The number of anilines is 1. The lowest BCUT2D eigenvalue weighted by Gasteiger charge is -2.16. The second-order valence-electron chi connectivity index (χ2n) is 4.45. The third kappa shape index (κ3) is 3.24. The Morgan fingerprint density at radius 3 is 2.50 bits per heavy atom. The van der Waals surface area contributed by atoms with Gasteiger partial charge in [-0.1, -0.05) is 0 Å². The highest BCUT2D eigenvalue weighted by Crippen LogP contribution is 2.43. The molecule has 0 radical (unpaired) electrons. The van der Waals surface area contributed by atoms with Gasteiger partial charge in [-0.15, -0.1) is 0 Å². The lowest BCUT2D eigenvalue weighted by molar-refractivity contribution is -0.290. The molecule has 24 heavy (non-hydrogen) atoms. The van der Waals surface area contributed by atoms with E-state index in [4.69, 9.17) is 4.74 Å². The largest absolute Gasteiger partial charge is 0.507 e. The molecule has 0 fully saturated rings. The van der Waals surface area contributed by atoms with Crippen molar-refractivity contribution in [1.29, 1.82) is 0 Å². The normalized spacial score (nSPS) is 12.1. The number of hydrogen-bond donors (Lipinski definition) is 2. The number of amides is 1.